The van der Waals surface area contributed by atoms with Gasteiger partial charge in [0, 0.05) is 18.1 Å². The first-order chi connectivity index (χ1) is 15.0. The molecule has 2 aromatic rings. The van der Waals surface area contributed by atoms with E-state index in [0.717, 1.165) is 10.2 Å². The van der Waals surface area contributed by atoms with Gasteiger partial charge in [0.2, 0.25) is 5.91 Å². The Bertz CT molecular complexity index is 998. The topological polar surface area (TPSA) is 67.2 Å². The van der Waals surface area contributed by atoms with E-state index in [0.29, 0.717) is 17.9 Å². The number of aromatic nitrogens is 2. The van der Waals surface area contributed by atoms with Crippen molar-refractivity contribution in [1.29, 1.82) is 0 Å². The fourth-order valence-electron chi connectivity index (χ4n) is 4.05. The van der Waals surface area contributed by atoms with Crippen LogP contribution in [-0.2, 0) is 27.7 Å². The summed E-state index contributed by atoms with van der Waals surface area (Å²) in [6, 6.07) is 7.10. The first kappa shape index (κ1) is 24.5. The van der Waals surface area contributed by atoms with Crippen LogP contribution < -0.4 is 5.32 Å². The Labute approximate surface area is 193 Å². The van der Waals surface area contributed by atoms with E-state index in [2.05, 4.69) is 10.4 Å². The van der Waals surface area contributed by atoms with Crippen molar-refractivity contribution in [3.63, 3.8) is 0 Å². The van der Waals surface area contributed by atoms with Gasteiger partial charge in [-0.05, 0) is 44.5 Å². The fourth-order valence-corrected chi connectivity index (χ4v) is 4.42. The van der Waals surface area contributed by atoms with Gasteiger partial charge in [0.1, 0.15) is 6.54 Å². The third kappa shape index (κ3) is 4.79. The lowest BCUT2D eigenvalue weighted by molar-refractivity contribution is -0.142. The van der Waals surface area contributed by atoms with E-state index in [9.17, 15) is 22.8 Å². The number of hydrogen-bond acceptors (Lipinski definition) is 4. The molecule has 0 aliphatic carbocycles. The first-order valence-electron chi connectivity index (χ1n) is 10.0. The summed E-state index contributed by atoms with van der Waals surface area (Å²) in [6.45, 7) is 1.78. The average Bonchev–Trinajstić information content (AvgIpc) is 3.03. The van der Waals surface area contributed by atoms with Crippen LogP contribution in [0.4, 0.5) is 13.2 Å². The molecule has 0 unspecified atom stereocenters. The SMILES string of the molecule is CNCC(=O)C1(c2ccc(Cl)cc2)CCN(C(=O)Cn2nc(C(F)(F)F)c(Cl)c2C)CC1. The molecule has 1 aliphatic heterocycles. The Balaban J connectivity index is 1.76. The molecule has 0 bridgehead atoms. The summed E-state index contributed by atoms with van der Waals surface area (Å²) < 4.78 is 40.1. The number of nitrogens with zero attached hydrogens (tertiary/aromatic N) is 3. The summed E-state index contributed by atoms with van der Waals surface area (Å²) in [7, 11) is 1.69. The van der Waals surface area contributed by atoms with E-state index in [1.54, 1.807) is 24.1 Å². The highest BCUT2D eigenvalue weighted by Crippen LogP contribution is 2.38. The summed E-state index contributed by atoms with van der Waals surface area (Å²) in [6.07, 6.45) is -3.91. The highest BCUT2D eigenvalue weighted by atomic mass is 35.5. The number of piperidine rings is 1. The van der Waals surface area contributed by atoms with E-state index >= 15 is 0 Å². The van der Waals surface area contributed by atoms with Crippen molar-refractivity contribution in [1.82, 2.24) is 20.0 Å². The molecule has 0 saturated carbocycles. The molecule has 1 aromatic carbocycles. The summed E-state index contributed by atoms with van der Waals surface area (Å²) in [5.74, 6) is -0.370. The van der Waals surface area contributed by atoms with Gasteiger partial charge in [0.15, 0.2) is 11.5 Å². The number of hydrogen-bond donors (Lipinski definition) is 1. The van der Waals surface area contributed by atoms with Crippen LogP contribution in [0.1, 0.15) is 29.8 Å². The fraction of sp³-hybridized carbons (Fsp3) is 0.476. The molecule has 1 fully saturated rings. The maximum atomic E-state index is 13.0. The van der Waals surface area contributed by atoms with Gasteiger partial charge in [-0.3, -0.25) is 14.3 Å². The van der Waals surface area contributed by atoms with Crippen LogP contribution in [0.3, 0.4) is 0 Å². The largest absolute Gasteiger partial charge is 0.436 e. The number of carbonyl (C=O) groups is 2. The lowest BCUT2D eigenvalue weighted by Gasteiger charge is -2.41. The summed E-state index contributed by atoms with van der Waals surface area (Å²) in [4.78, 5) is 27.4. The Morgan fingerprint density at radius 2 is 1.75 bits per heavy atom. The molecule has 1 amide bonds. The van der Waals surface area contributed by atoms with Crippen molar-refractivity contribution in [2.45, 2.75) is 37.9 Å². The predicted octanol–water partition coefficient (Wildman–Crippen LogP) is 3.87. The third-order valence-electron chi connectivity index (χ3n) is 5.92. The van der Waals surface area contributed by atoms with E-state index in [1.807, 2.05) is 12.1 Å². The molecule has 0 radical (unpaired) electrons. The zero-order valence-corrected chi connectivity index (χ0v) is 19.1. The average molecular weight is 491 g/mol. The van der Waals surface area contributed by atoms with Crippen LogP contribution in [0.15, 0.2) is 24.3 Å². The van der Waals surface area contributed by atoms with Gasteiger partial charge < -0.3 is 10.2 Å². The Morgan fingerprint density at radius 1 is 1.16 bits per heavy atom. The zero-order chi connectivity index (χ0) is 23.7. The molecule has 2 heterocycles. The maximum Gasteiger partial charge on any atom is 0.436 e. The Morgan fingerprint density at radius 3 is 2.25 bits per heavy atom. The van der Waals surface area contributed by atoms with Crippen molar-refractivity contribution >= 4 is 34.9 Å². The molecule has 11 heteroatoms. The van der Waals surface area contributed by atoms with E-state index in [-0.39, 0.29) is 43.6 Å². The number of halogens is 5. The number of carbonyl (C=O) groups excluding carboxylic acids is 2. The normalized spacial score (nSPS) is 16.3. The molecule has 1 aromatic heterocycles. The second-order valence-corrected chi connectivity index (χ2v) is 8.64. The minimum Gasteiger partial charge on any atom is -0.341 e. The van der Waals surface area contributed by atoms with Crippen molar-refractivity contribution < 1.29 is 22.8 Å². The lowest BCUT2D eigenvalue weighted by atomic mass is 9.69. The summed E-state index contributed by atoms with van der Waals surface area (Å²) in [5.41, 5.74) is -1.07. The van der Waals surface area contributed by atoms with Crippen LogP contribution in [-0.4, -0.2) is 53.1 Å². The van der Waals surface area contributed by atoms with Gasteiger partial charge in [-0.25, -0.2) is 0 Å². The van der Waals surface area contributed by atoms with E-state index in [4.69, 9.17) is 23.2 Å². The quantitative estimate of drug-likeness (QED) is 0.667. The molecule has 1 N–H and O–H groups in total. The number of rotatable bonds is 6. The number of ketones is 1. The number of Topliss-reactive ketones (excluding diaryl/α,β-unsaturated/α-hetero) is 1. The van der Waals surface area contributed by atoms with Crippen molar-refractivity contribution in [2.24, 2.45) is 0 Å². The summed E-state index contributed by atoms with van der Waals surface area (Å²) >= 11 is 11.8. The Hall–Kier alpha value is -2.10. The van der Waals surface area contributed by atoms with Gasteiger partial charge in [0.05, 0.1) is 22.7 Å². The molecular formula is C21H23Cl2F3N4O2. The van der Waals surface area contributed by atoms with Gasteiger partial charge >= 0.3 is 6.18 Å². The number of alkyl halides is 3. The second-order valence-electron chi connectivity index (χ2n) is 7.83. The van der Waals surface area contributed by atoms with Gasteiger partial charge in [-0.15, -0.1) is 0 Å². The number of benzene rings is 1. The van der Waals surface area contributed by atoms with Crippen molar-refractivity contribution in [3.8, 4) is 0 Å². The number of amides is 1. The van der Waals surface area contributed by atoms with Gasteiger partial charge in [-0.2, -0.15) is 18.3 Å². The molecular weight excluding hydrogens is 468 g/mol. The monoisotopic (exact) mass is 490 g/mol. The number of nitrogens with one attached hydrogen (secondary N) is 1. The number of likely N-dealkylation sites (tertiary alicyclic amines) is 1. The van der Waals surface area contributed by atoms with Crippen LogP contribution in [0.2, 0.25) is 10.0 Å². The van der Waals surface area contributed by atoms with Crippen molar-refractivity contribution in [2.75, 3.05) is 26.7 Å². The molecule has 0 spiro atoms. The maximum absolute atomic E-state index is 13.0. The third-order valence-corrected chi connectivity index (χ3v) is 6.63. The van der Waals surface area contributed by atoms with Gasteiger partial charge in [-0.1, -0.05) is 35.3 Å². The molecule has 3 rings (SSSR count). The molecule has 0 atom stereocenters. The molecule has 1 saturated heterocycles. The minimum atomic E-state index is -4.70. The Kier molecular flexibility index (Phi) is 7.21. The standard InChI is InChI=1S/C21H23Cl2F3N4O2/c1-13-18(23)19(21(24,25)26)28-30(13)12-17(32)29-9-7-20(8-10-29,16(31)11-27-2)14-3-5-15(22)6-4-14/h3-6,27H,7-12H2,1-2H3. The van der Waals surface area contributed by atoms with Crippen molar-refractivity contribution in [3.05, 3.63) is 51.3 Å². The van der Waals surface area contributed by atoms with Gasteiger partial charge in [0.25, 0.3) is 0 Å². The zero-order valence-electron chi connectivity index (χ0n) is 17.6. The summed E-state index contributed by atoms with van der Waals surface area (Å²) in [5, 5.41) is 6.43. The predicted molar refractivity (Wildman–Crippen MR) is 115 cm³/mol. The smallest absolute Gasteiger partial charge is 0.341 e. The van der Waals surface area contributed by atoms with Crippen LogP contribution in [0, 0.1) is 6.92 Å². The highest BCUT2D eigenvalue weighted by molar-refractivity contribution is 6.32. The minimum absolute atomic E-state index is 0.0129. The first-order valence-corrected chi connectivity index (χ1v) is 10.8. The second kappa shape index (κ2) is 9.41. The molecule has 174 valence electrons. The number of likely N-dealkylation sites (N-methyl/N-ethyl adjacent to an activating group) is 1. The molecule has 32 heavy (non-hydrogen) atoms. The van der Waals surface area contributed by atoms with Crippen LogP contribution in [0.25, 0.3) is 0 Å². The van der Waals surface area contributed by atoms with Crippen LogP contribution >= 0.6 is 23.2 Å². The lowest BCUT2D eigenvalue weighted by Crippen LogP contribution is -2.51. The molecule has 6 nitrogen and oxygen atoms in total. The van der Waals surface area contributed by atoms with Crippen LogP contribution in [0.5, 0.6) is 0 Å². The highest BCUT2D eigenvalue weighted by Gasteiger charge is 2.43. The van der Waals surface area contributed by atoms with E-state index < -0.39 is 22.3 Å². The van der Waals surface area contributed by atoms with E-state index in [1.165, 1.54) is 6.92 Å². The molecule has 1 aliphatic rings.